The predicted molar refractivity (Wildman–Crippen MR) is 106 cm³/mol. The molecule has 0 spiro atoms. The Balaban J connectivity index is 1.53. The van der Waals surface area contributed by atoms with Crippen LogP contribution in [0.2, 0.25) is 0 Å². The van der Waals surface area contributed by atoms with Crippen LogP contribution in [-0.2, 0) is 6.42 Å². The Kier molecular flexibility index (Phi) is 6.30. The molecule has 0 aliphatic rings. The molecule has 3 amide bonds. The Bertz CT molecular complexity index is 963. The van der Waals surface area contributed by atoms with Gasteiger partial charge in [-0.3, -0.25) is 9.78 Å². The van der Waals surface area contributed by atoms with E-state index in [-0.39, 0.29) is 6.03 Å². The zero-order valence-electron chi connectivity index (χ0n) is 15.0. The second-order valence-corrected chi connectivity index (χ2v) is 6.00. The second-order valence-electron chi connectivity index (χ2n) is 6.00. The molecular weight excluding hydrogens is 359 g/mol. The number of pyridine rings is 1. The van der Waals surface area contributed by atoms with E-state index in [0.717, 1.165) is 5.69 Å². The zero-order valence-corrected chi connectivity index (χ0v) is 15.0. The number of benzene rings is 2. The van der Waals surface area contributed by atoms with Crippen LogP contribution in [0.3, 0.4) is 0 Å². The summed E-state index contributed by atoms with van der Waals surface area (Å²) in [6.07, 6.45) is 2.32. The number of halogens is 1. The van der Waals surface area contributed by atoms with Gasteiger partial charge in [-0.15, -0.1) is 0 Å². The van der Waals surface area contributed by atoms with Gasteiger partial charge in [0.15, 0.2) is 0 Å². The minimum atomic E-state index is -0.435. The molecular formula is C21H19FN4O2. The molecule has 0 atom stereocenters. The van der Waals surface area contributed by atoms with Crippen LogP contribution < -0.4 is 16.0 Å². The molecule has 0 saturated heterocycles. The van der Waals surface area contributed by atoms with Crippen LogP contribution in [0.4, 0.5) is 20.6 Å². The zero-order chi connectivity index (χ0) is 19.8. The lowest BCUT2D eigenvalue weighted by Crippen LogP contribution is -2.30. The lowest BCUT2D eigenvalue weighted by molar-refractivity contribution is 0.102. The first-order chi connectivity index (χ1) is 13.6. The fourth-order valence-corrected chi connectivity index (χ4v) is 2.53. The van der Waals surface area contributed by atoms with Crippen LogP contribution in [0.1, 0.15) is 16.1 Å². The molecule has 1 aromatic heterocycles. The highest BCUT2D eigenvalue weighted by molar-refractivity contribution is 6.05. The molecule has 0 aliphatic heterocycles. The summed E-state index contributed by atoms with van der Waals surface area (Å²) in [6, 6.07) is 17.4. The van der Waals surface area contributed by atoms with Crippen LogP contribution in [0.25, 0.3) is 0 Å². The predicted octanol–water partition coefficient (Wildman–Crippen LogP) is 3.84. The van der Waals surface area contributed by atoms with Gasteiger partial charge in [0.25, 0.3) is 5.91 Å². The molecule has 1 heterocycles. The summed E-state index contributed by atoms with van der Waals surface area (Å²) >= 11 is 0. The first-order valence-electron chi connectivity index (χ1n) is 8.72. The van der Waals surface area contributed by atoms with Gasteiger partial charge in [-0.25, -0.2) is 9.18 Å². The molecule has 142 valence electrons. The Morgan fingerprint density at radius 3 is 2.43 bits per heavy atom. The number of amides is 3. The van der Waals surface area contributed by atoms with E-state index in [4.69, 9.17) is 0 Å². The van der Waals surface area contributed by atoms with Crippen molar-refractivity contribution in [1.82, 2.24) is 10.3 Å². The molecule has 6 nitrogen and oxygen atoms in total. The highest BCUT2D eigenvalue weighted by Crippen LogP contribution is 2.14. The summed E-state index contributed by atoms with van der Waals surface area (Å²) in [5.41, 5.74) is 2.06. The summed E-state index contributed by atoms with van der Waals surface area (Å²) in [7, 11) is 0. The van der Waals surface area contributed by atoms with Crippen molar-refractivity contribution in [3.05, 3.63) is 90.0 Å². The summed E-state index contributed by atoms with van der Waals surface area (Å²) < 4.78 is 13.2. The highest BCUT2D eigenvalue weighted by Gasteiger charge is 2.09. The van der Waals surface area contributed by atoms with Crippen molar-refractivity contribution in [3.63, 3.8) is 0 Å². The van der Waals surface area contributed by atoms with E-state index < -0.39 is 11.7 Å². The Morgan fingerprint density at radius 1 is 0.893 bits per heavy atom. The SMILES string of the molecule is O=C(NCCc1ccccn1)Nc1cccc(C(=O)Nc2cccc(F)c2)c1. The van der Waals surface area contributed by atoms with Crippen LogP contribution in [0, 0.1) is 5.82 Å². The third-order valence-corrected chi connectivity index (χ3v) is 3.86. The van der Waals surface area contributed by atoms with Crippen LogP contribution >= 0.6 is 0 Å². The van der Waals surface area contributed by atoms with Gasteiger partial charge >= 0.3 is 6.03 Å². The fraction of sp³-hybridized carbons (Fsp3) is 0.0952. The third-order valence-electron chi connectivity index (χ3n) is 3.86. The second kappa shape index (κ2) is 9.27. The van der Waals surface area contributed by atoms with Crippen molar-refractivity contribution in [2.75, 3.05) is 17.2 Å². The molecule has 3 N–H and O–H groups in total. The van der Waals surface area contributed by atoms with Gasteiger partial charge in [0.05, 0.1) is 0 Å². The molecule has 0 saturated carbocycles. The van der Waals surface area contributed by atoms with Gasteiger partial charge < -0.3 is 16.0 Å². The molecule has 28 heavy (non-hydrogen) atoms. The number of anilines is 2. The first-order valence-corrected chi connectivity index (χ1v) is 8.72. The van der Waals surface area contributed by atoms with Gasteiger partial charge in [0, 0.05) is 41.8 Å². The summed E-state index contributed by atoms with van der Waals surface area (Å²) in [5, 5.41) is 8.05. The van der Waals surface area contributed by atoms with E-state index in [2.05, 4.69) is 20.9 Å². The summed E-state index contributed by atoms with van der Waals surface area (Å²) in [5.74, 6) is -0.833. The van der Waals surface area contributed by atoms with Crippen LogP contribution in [0.15, 0.2) is 72.9 Å². The van der Waals surface area contributed by atoms with Crippen LogP contribution in [-0.4, -0.2) is 23.5 Å². The lowest BCUT2D eigenvalue weighted by Gasteiger charge is -2.09. The van der Waals surface area contributed by atoms with E-state index in [1.54, 1.807) is 36.5 Å². The van der Waals surface area contributed by atoms with Crippen molar-refractivity contribution < 1.29 is 14.0 Å². The molecule has 0 bridgehead atoms. The van der Waals surface area contributed by atoms with Gasteiger partial charge in [-0.05, 0) is 48.5 Å². The van der Waals surface area contributed by atoms with Gasteiger partial charge in [-0.2, -0.15) is 0 Å². The first kappa shape index (κ1) is 19.0. The number of hydrogen-bond donors (Lipinski definition) is 3. The van der Waals surface area contributed by atoms with Crippen molar-refractivity contribution in [1.29, 1.82) is 0 Å². The van der Waals surface area contributed by atoms with Gasteiger partial charge in [0.2, 0.25) is 0 Å². The Morgan fingerprint density at radius 2 is 1.68 bits per heavy atom. The standard InChI is InChI=1S/C21H19FN4O2/c22-16-6-4-9-19(14-16)25-20(27)15-5-3-8-18(13-15)26-21(28)24-12-10-17-7-1-2-11-23-17/h1-9,11,13-14H,10,12H2,(H,25,27)(H2,24,26,28). The molecule has 0 fully saturated rings. The highest BCUT2D eigenvalue weighted by atomic mass is 19.1. The van der Waals surface area contributed by atoms with Crippen molar-refractivity contribution in [3.8, 4) is 0 Å². The number of nitrogens with one attached hydrogen (secondary N) is 3. The summed E-state index contributed by atoms with van der Waals surface area (Å²) in [6.45, 7) is 0.433. The monoisotopic (exact) mass is 378 g/mol. The molecule has 0 aliphatic carbocycles. The molecule has 3 rings (SSSR count). The van der Waals surface area contributed by atoms with Crippen molar-refractivity contribution >= 4 is 23.3 Å². The van der Waals surface area contributed by atoms with Gasteiger partial charge in [0.1, 0.15) is 5.82 Å². The number of urea groups is 1. The van der Waals surface area contributed by atoms with Crippen molar-refractivity contribution in [2.24, 2.45) is 0 Å². The molecule has 0 radical (unpaired) electrons. The average Bonchev–Trinajstić information content (AvgIpc) is 2.69. The van der Waals surface area contributed by atoms with E-state index in [1.807, 2.05) is 18.2 Å². The minimum Gasteiger partial charge on any atom is -0.337 e. The van der Waals surface area contributed by atoms with E-state index in [0.29, 0.717) is 29.9 Å². The average molecular weight is 378 g/mol. The number of carbonyl (C=O) groups excluding carboxylic acids is 2. The molecule has 0 unspecified atom stereocenters. The Labute approximate surface area is 161 Å². The molecule has 7 heteroatoms. The Hall–Kier alpha value is -3.74. The minimum absolute atomic E-state index is 0.343. The molecule has 3 aromatic rings. The maximum Gasteiger partial charge on any atom is 0.319 e. The number of rotatable bonds is 6. The smallest absolute Gasteiger partial charge is 0.319 e. The quantitative estimate of drug-likeness (QED) is 0.609. The maximum atomic E-state index is 13.2. The lowest BCUT2D eigenvalue weighted by atomic mass is 10.2. The van der Waals surface area contributed by atoms with Crippen molar-refractivity contribution in [2.45, 2.75) is 6.42 Å². The fourth-order valence-electron chi connectivity index (χ4n) is 2.53. The van der Waals surface area contributed by atoms with E-state index in [9.17, 15) is 14.0 Å². The number of hydrogen-bond acceptors (Lipinski definition) is 3. The largest absolute Gasteiger partial charge is 0.337 e. The maximum absolute atomic E-state index is 13.2. The summed E-state index contributed by atoms with van der Waals surface area (Å²) in [4.78, 5) is 28.5. The molecule has 2 aromatic carbocycles. The van der Waals surface area contributed by atoms with Crippen LogP contribution in [0.5, 0.6) is 0 Å². The van der Waals surface area contributed by atoms with E-state index >= 15 is 0 Å². The van der Waals surface area contributed by atoms with Gasteiger partial charge in [-0.1, -0.05) is 18.2 Å². The third kappa shape index (κ3) is 5.63. The van der Waals surface area contributed by atoms with E-state index in [1.165, 1.54) is 18.2 Å². The number of nitrogens with zero attached hydrogens (tertiary/aromatic N) is 1. The normalized spacial score (nSPS) is 10.2. The number of carbonyl (C=O) groups is 2. The number of aromatic nitrogens is 1. The topological polar surface area (TPSA) is 83.1 Å².